The molecule has 0 aromatic heterocycles. The molecule has 0 bridgehead atoms. The lowest BCUT2D eigenvalue weighted by atomic mass is 9.60. The highest BCUT2D eigenvalue weighted by molar-refractivity contribution is 6.16. The normalized spacial score (nSPS) is 24.0. The molecule has 1 spiro atoms. The van der Waals surface area contributed by atoms with Gasteiger partial charge in [-0.15, -0.1) is 0 Å². The van der Waals surface area contributed by atoms with Crippen LogP contribution in [-0.4, -0.2) is 23.2 Å². The summed E-state index contributed by atoms with van der Waals surface area (Å²) in [4.78, 5) is 37.3. The number of esters is 1. The molecule has 0 saturated heterocycles. The smallest absolute Gasteiger partial charge is 0.326 e. The molecule has 0 amide bonds. The van der Waals surface area contributed by atoms with Gasteiger partial charge in [0.15, 0.2) is 5.78 Å². The predicted molar refractivity (Wildman–Crippen MR) is 92.9 cm³/mol. The highest BCUT2D eigenvalue weighted by Crippen LogP contribution is 2.52. The lowest BCUT2D eigenvalue weighted by molar-refractivity contribution is -0.485. The van der Waals surface area contributed by atoms with E-state index >= 15 is 0 Å². The number of hydrogen-bond acceptors (Lipinski definition) is 5. The molecule has 0 fully saturated rings. The monoisotopic (exact) mass is 351 g/mol. The van der Waals surface area contributed by atoms with Gasteiger partial charge in [0.1, 0.15) is 11.2 Å². The molecule has 6 nitrogen and oxygen atoms in total. The Balaban J connectivity index is 1.93. The predicted octanol–water partition coefficient (Wildman–Crippen LogP) is 3.09. The Bertz CT molecular complexity index is 951. The first-order chi connectivity index (χ1) is 12.4. The number of ether oxygens (including phenoxy) is 1. The van der Waals surface area contributed by atoms with Gasteiger partial charge < -0.3 is 4.74 Å². The van der Waals surface area contributed by atoms with E-state index in [1.54, 1.807) is 30.3 Å². The molecule has 0 saturated carbocycles. The number of nitrogens with zero attached hydrogens (tertiary/aromatic N) is 1. The molecule has 132 valence electrons. The summed E-state index contributed by atoms with van der Waals surface area (Å²) in [6.45, 7) is 1.38. The maximum absolute atomic E-state index is 13.4. The fraction of sp³-hybridized carbons (Fsp3) is 0.300. The summed E-state index contributed by atoms with van der Waals surface area (Å²) in [6.07, 6.45) is 0.722. The maximum atomic E-state index is 13.4. The van der Waals surface area contributed by atoms with Crippen molar-refractivity contribution in [3.63, 3.8) is 0 Å². The second kappa shape index (κ2) is 5.76. The van der Waals surface area contributed by atoms with Crippen molar-refractivity contribution in [2.45, 2.75) is 25.7 Å². The van der Waals surface area contributed by atoms with Gasteiger partial charge in [-0.25, -0.2) is 0 Å². The Morgan fingerprint density at radius 3 is 2.77 bits per heavy atom. The van der Waals surface area contributed by atoms with Crippen LogP contribution in [0.15, 0.2) is 42.5 Å². The Morgan fingerprint density at radius 1 is 1.23 bits per heavy atom. The lowest BCUT2D eigenvalue weighted by Gasteiger charge is -2.42. The summed E-state index contributed by atoms with van der Waals surface area (Å²) < 4.78 is 5.50. The average molecular weight is 351 g/mol. The van der Waals surface area contributed by atoms with E-state index in [2.05, 4.69) is 0 Å². The minimum atomic E-state index is -1.54. The van der Waals surface area contributed by atoms with Gasteiger partial charge in [0, 0.05) is 16.1 Å². The Morgan fingerprint density at radius 2 is 2.00 bits per heavy atom. The molecule has 26 heavy (non-hydrogen) atoms. The summed E-state index contributed by atoms with van der Waals surface area (Å²) in [5.74, 6) is -1.58. The van der Waals surface area contributed by atoms with Gasteiger partial charge in [-0.05, 0) is 31.4 Å². The molecule has 2 aliphatic rings. The highest BCUT2D eigenvalue weighted by Gasteiger charge is 2.60. The second-order valence-corrected chi connectivity index (χ2v) is 6.96. The van der Waals surface area contributed by atoms with Crippen LogP contribution in [0.2, 0.25) is 0 Å². The topological polar surface area (TPSA) is 86.5 Å². The van der Waals surface area contributed by atoms with Crippen LogP contribution in [0.25, 0.3) is 0 Å². The van der Waals surface area contributed by atoms with Gasteiger partial charge in [-0.1, -0.05) is 42.0 Å². The third kappa shape index (κ3) is 2.25. The second-order valence-electron chi connectivity index (χ2n) is 6.96. The number of ketones is 1. The number of benzene rings is 2. The number of rotatable bonds is 2. The summed E-state index contributed by atoms with van der Waals surface area (Å²) >= 11 is 0. The molecular formula is C20H17NO5. The van der Waals surface area contributed by atoms with Crippen LogP contribution in [0.1, 0.15) is 39.4 Å². The molecule has 0 radical (unpaired) electrons. The third-order valence-corrected chi connectivity index (χ3v) is 5.49. The van der Waals surface area contributed by atoms with Crippen molar-refractivity contribution in [3.05, 3.63) is 74.8 Å². The van der Waals surface area contributed by atoms with Crippen LogP contribution in [0, 0.1) is 22.5 Å². The minimum absolute atomic E-state index is 0.216. The first-order valence-corrected chi connectivity index (χ1v) is 8.51. The molecule has 1 heterocycles. The Hall–Kier alpha value is -3.02. The van der Waals surface area contributed by atoms with Crippen LogP contribution in [-0.2, 0) is 11.2 Å². The van der Waals surface area contributed by atoms with E-state index in [-0.39, 0.29) is 12.2 Å². The van der Waals surface area contributed by atoms with E-state index < -0.39 is 28.8 Å². The molecule has 1 aliphatic heterocycles. The Labute approximate surface area is 149 Å². The van der Waals surface area contributed by atoms with Crippen molar-refractivity contribution in [2.24, 2.45) is 5.41 Å². The minimum Gasteiger partial charge on any atom is -0.425 e. The molecule has 4 rings (SSSR count). The van der Waals surface area contributed by atoms with Crippen LogP contribution in [0.4, 0.5) is 0 Å². The highest BCUT2D eigenvalue weighted by atomic mass is 16.6. The van der Waals surface area contributed by atoms with Crippen molar-refractivity contribution in [2.75, 3.05) is 6.54 Å². The zero-order valence-corrected chi connectivity index (χ0v) is 14.2. The van der Waals surface area contributed by atoms with Gasteiger partial charge in [-0.3, -0.25) is 19.7 Å². The standard InChI is InChI=1S/C20H17NO5/c1-12-6-7-17-15(10-12)16(11-21(24)25)20(19(23)26-17)9-8-13-4-2-3-5-14(13)18(20)22/h2-7,10,16H,8-9,11H2,1H3/t16-,20+/m0/s1. The van der Waals surface area contributed by atoms with Gasteiger partial charge in [0.25, 0.3) is 0 Å². The van der Waals surface area contributed by atoms with Crippen LogP contribution in [0.3, 0.4) is 0 Å². The van der Waals surface area contributed by atoms with E-state index in [0.717, 1.165) is 11.1 Å². The van der Waals surface area contributed by atoms with Crippen molar-refractivity contribution < 1.29 is 19.2 Å². The van der Waals surface area contributed by atoms with Gasteiger partial charge in [0.2, 0.25) is 6.54 Å². The molecule has 2 atom stereocenters. The van der Waals surface area contributed by atoms with Crippen molar-refractivity contribution >= 4 is 11.8 Å². The SMILES string of the molecule is Cc1ccc2c(c1)[C@H](C[N+](=O)[O-])[C@@]1(CCc3ccccc3C1=O)C(=O)O2. The quantitative estimate of drug-likeness (QED) is 0.273. The van der Waals surface area contributed by atoms with Gasteiger partial charge in [-0.2, -0.15) is 0 Å². The fourth-order valence-corrected chi connectivity index (χ4v) is 4.21. The maximum Gasteiger partial charge on any atom is 0.326 e. The zero-order chi connectivity index (χ0) is 18.5. The van der Waals surface area contributed by atoms with E-state index in [4.69, 9.17) is 4.74 Å². The summed E-state index contributed by atoms with van der Waals surface area (Å²) in [6, 6.07) is 12.3. The first-order valence-electron chi connectivity index (χ1n) is 8.51. The summed E-state index contributed by atoms with van der Waals surface area (Å²) in [5.41, 5.74) is 1.25. The number of hydrogen-bond donors (Lipinski definition) is 0. The van der Waals surface area contributed by atoms with E-state index in [9.17, 15) is 19.7 Å². The van der Waals surface area contributed by atoms with Crippen LogP contribution < -0.4 is 4.74 Å². The van der Waals surface area contributed by atoms with Gasteiger partial charge in [0.05, 0.1) is 5.92 Å². The van der Waals surface area contributed by atoms with Crippen molar-refractivity contribution in [1.82, 2.24) is 0 Å². The molecular weight excluding hydrogens is 334 g/mol. The zero-order valence-electron chi connectivity index (χ0n) is 14.2. The number of carbonyl (C=O) groups is 2. The van der Waals surface area contributed by atoms with Crippen molar-refractivity contribution in [1.29, 1.82) is 0 Å². The lowest BCUT2D eigenvalue weighted by Crippen LogP contribution is -2.53. The number of fused-ring (bicyclic) bond motifs is 2. The third-order valence-electron chi connectivity index (χ3n) is 5.49. The average Bonchev–Trinajstić information content (AvgIpc) is 2.61. The first kappa shape index (κ1) is 16.4. The Kier molecular flexibility index (Phi) is 3.64. The largest absolute Gasteiger partial charge is 0.425 e. The molecule has 0 unspecified atom stereocenters. The fourth-order valence-electron chi connectivity index (χ4n) is 4.21. The number of Topliss-reactive ketones (excluding diaryl/α,β-unsaturated/α-hetero) is 1. The number of aryl methyl sites for hydroxylation is 2. The van der Waals surface area contributed by atoms with E-state index in [1.807, 2.05) is 19.1 Å². The molecule has 6 heteroatoms. The summed E-state index contributed by atoms with van der Waals surface area (Å²) in [5, 5.41) is 11.4. The van der Waals surface area contributed by atoms with Crippen molar-refractivity contribution in [3.8, 4) is 5.75 Å². The van der Waals surface area contributed by atoms with E-state index in [0.29, 0.717) is 23.3 Å². The van der Waals surface area contributed by atoms with E-state index in [1.165, 1.54) is 0 Å². The summed E-state index contributed by atoms with van der Waals surface area (Å²) in [7, 11) is 0. The molecule has 2 aromatic rings. The number of nitro groups is 1. The molecule has 0 N–H and O–H groups in total. The van der Waals surface area contributed by atoms with Crippen LogP contribution >= 0.6 is 0 Å². The van der Waals surface area contributed by atoms with Gasteiger partial charge >= 0.3 is 5.97 Å². The molecule has 2 aromatic carbocycles. The van der Waals surface area contributed by atoms with Crippen LogP contribution in [0.5, 0.6) is 5.75 Å². The molecule has 1 aliphatic carbocycles. The number of carbonyl (C=O) groups excluding carboxylic acids is 2.